The molecule has 0 bridgehead atoms. The fraction of sp³-hybridized carbons (Fsp3) is 0.500. The van der Waals surface area contributed by atoms with E-state index in [1.54, 1.807) is 6.20 Å². The second kappa shape index (κ2) is 6.23. The van der Waals surface area contributed by atoms with E-state index in [1.165, 1.54) is 0 Å². The quantitative estimate of drug-likeness (QED) is 0.570. The van der Waals surface area contributed by atoms with Crippen LogP contribution >= 0.6 is 0 Å². The summed E-state index contributed by atoms with van der Waals surface area (Å²) in [6.07, 6.45) is 4.00. The smallest absolute Gasteiger partial charge is 0.142 e. The molecule has 0 radical (unpaired) electrons. The molecule has 0 amide bonds. The Bertz CT molecular complexity index is 352. The van der Waals surface area contributed by atoms with Crippen LogP contribution in [0.3, 0.4) is 0 Å². The van der Waals surface area contributed by atoms with Crippen molar-refractivity contribution < 1.29 is 4.74 Å². The van der Waals surface area contributed by atoms with Gasteiger partial charge in [0.05, 0.1) is 12.7 Å². The Kier molecular flexibility index (Phi) is 4.92. The van der Waals surface area contributed by atoms with Crippen LogP contribution in [0.1, 0.15) is 37.9 Å². The fourth-order valence-corrected chi connectivity index (χ4v) is 1.52. The SMILES string of the molecule is CCCC(C)OCc1cccnc1C(=N)N. The molecule has 1 aromatic rings. The molecule has 0 aliphatic carbocycles. The highest BCUT2D eigenvalue weighted by molar-refractivity contribution is 5.94. The highest BCUT2D eigenvalue weighted by atomic mass is 16.5. The molecule has 0 spiro atoms. The van der Waals surface area contributed by atoms with Crippen molar-refractivity contribution in [3.8, 4) is 0 Å². The molecule has 16 heavy (non-hydrogen) atoms. The number of nitrogen functional groups attached to an aromatic ring is 1. The van der Waals surface area contributed by atoms with Crippen LogP contribution in [0.15, 0.2) is 18.3 Å². The first-order valence-corrected chi connectivity index (χ1v) is 5.55. The molecule has 0 fully saturated rings. The maximum atomic E-state index is 7.40. The van der Waals surface area contributed by atoms with Gasteiger partial charge in [-0.2, -0.15) is 0 Å². The molecule has 4 heteroatoms. The number of nitrogens with one attached hydrogen (secondary N) is 1. The molecule has 0 aliphatic heterocycles. The van der Waals surface area contributed by atoms with Crippen molar-refractivity contribution in [2.75, 3.05) is 0 Å². The van der Waals surface area contributed by atoms with Gasteiger partial charge in [-0.25, -0.2) is 0 Å². The molecule has 0 aliphatic rings. The Morgan fingerprint density at radius 2 is 2.38 bits per heavy atom. The minimum atomic E-state index is -0.0117. The van der Waals surface area contributed by atoms with E-state index in [-0.39, 0.29) is 11.9 Å². The molecule has 4 nitrogen and oxygen atoms in total. The maximum absolute atomic E-state index is 7.40. The Morgan fingerprint density at radius 1 is 1.62 bits per heavy atom. The Labute approximate surface area is 96.3 Å². The van der Waals surface area contributed by atoms with E-state index in [2.05, 4.69) is 11.9 Å². The summed E-state index contributed by atoms with van der Waals surface area (Å²) in [7, 11) is 0. The van der Waals surface area contributed by atoms with Gasteiger partial charge in [0.15, 0.2) is 0 Å². The van der Waals surface area contributed by atoms with Crippen LogP contribution in [0.2, 0.25) is 0 Å². The van der Waals surface area contributed by atoms with Gasteiger partial charge in [0.2, 0.25) is 0 Å². The molecule has 1 rings (SSSR count). The van der Waals surface area contributed by atoms with Gasteiger partial charge in [0.25, 0.3) is 0 Å². The van der Waals surface area contributed by atoms with Gasteiger partial charge in [-0.3, -0.25) is 10.4 Å². The zero-order valence-corrected chi connectivity index (χ0v) is 9.86. The predicted octanol–water partition coefficient (Wildman–Crippen LogP) is 2.07. The standard InChI is InChI=1S/C12H19N3O/c1-3-5-9(2)16-8-10-6-4-7-15-11(10)12(13)14/h4,6-7,9H,3,5,8H2,1-2H3,(H3,13,14). The highest BCUT2D eigenvalue weighted by Gasteiger charge is 2.08. The van der Waals surface area contributed by atoms with Gasteiger partial charge < -0.3 is 10.5 Å². The molecular formula is C12H19N3O. The molecular weight excluding hydrogens is 202 g/mol. The van der Waals surface area contributed by atoms with Gasteiger partial charge in [0, 0.05) is 11.8 Å². The van der Waals surface area contributed by atoms with E-state index in [0.29, 0.717) is 12.3 Å². The normalized spacial score (nSPS) is 12.4. The third kappa shape index (κ3) is 3.62. The number of ether oxygens (including phenoxy) is 1. The number of hydrogen-bond acceptors (Lipinski definition) is 3. The van der Waals surface area contributed by atoms with E-state index in [0.717, 1.165) is 18.4 Å². The molecule has 0 aromatic carbocycles. The van der Waals surface area contributed by atoms with E-state index in [1.807, 2.05) is 19.1 Å². The lowest BCUT2D eigenvalue weighted by molar-refractivity contribution is 0.0469. The third-order valence-corrected chi connectivity index (χ3v) is 2.36. The van der Waals surface area contributed by atoms with Crippen molar-refractivity contribution >= 4 is 5.84 Å². The average Bonchev–Trinajstić information content (AvgIpc) is 2.27. The fourth-order valence-electron chi connectivity index (χ4n) is 1.52. The number of rotatable bonds is 6. The van der Waals surface area contributed by atoms with Crippen LogP contribution < -0.4 is 5.73 Å². The van der Waals surface area contributed by atoms with E-state index in [4.69, 9.17) is 15.9 Å². The van der Waals surface area contributed by atoms with Crippen LogP contribution in [-0.2, 0) is 11.3 Å². The van der Waals surface area contributed by atoms with Crippen LogP contribution in [-0.4, -0.2) is 16.9 Å². The lowest BCUT2D eigenvalue weighted by Crippen LogP contribution is -2.17. The molecule has 1 aromatic heterocycles. The van der Waals surface area contributed by atoms with Crippen LogP contribution in [0.5, 0.6) is 0 Å². The monoisotopic (exact) mass is 221 g/mol. The number of aromatic nitrogens is 1. The minimum absolute atomic E-state index is 0.0117. The van der Waals surface area contributed by atoms with Crippen molar-refractivity contribution in [1.29, 1.82) is 5.41 Å². The maximum Gasteiger partial charge on any atom is 0.142 e. The number of nitrogens with two attached hydrogens (primary N) is 1. The Balaban J connectivity index is 2.63. The van der Waals surface area contributed by atoms with Gasteiger partial charge in [0.1, 0.15) is 11.5 Å². The van der Waals surface area contributed by atoms with Crippen molar-refractivity contribution in [3.05, 3.63) is 29.6 Å². The summed E-state index contributed by atoms with van der Waals surface area (Å²) in [6.45, 7) is 4.64. The van der Waals surface area contributed by atoms with Crippen molar-refractivity contribution in [2.24, 2.45) is 5.73 Å². The first-order chi connectivity index (χ1) is 7.65. The summed E-state index contributed by atoms with van der Waals surface area (Å²) in [5, 5.41) is 7.40. The summed E-state index contributed by atoms with van der Waals surface area (Å²) >= 11 is 0. The summed E-state index contributed by atoms with van der Waals surface area (Å²) in [6, 6.07) is 3.72. The van der Waals surface area contributed by atoms with Gasteiger partial charge in [-0.1, -0.05) is 19.4 Å². The average molecular weight is 221 g/mol. The number of hydrogen-bond donors (Lipinski definition) is 2. The van der Waals surface area contributed by atoms with Crippen molar-refractivity contribution in [2.45, 2.75) is 39.4 Å². The van der Waals surface area contributed by atoms with Crippen LogP contribution in [0.25, 0.3) is 0 Å². The Hall–Kier alpha value is -1.42. The lowest BCUT2D eigenvalue weighted by Gasteiger charge is -2.13. The molecule has 88 valence electrons. The zero-order chi connectivity index (χ0) is 12.0. The zero-order valence-electron chi connectivity index (χ0n) is 9.86. The predicted molar refractivity (Wildman–Crippen MR) is 64.4 cm³/mol. The second-order valence-corrected chi connectivity index (χ2v) is 3.84. The van der Waals surface area contributed by atoms with Crippen LogP contribution in [0.4, 0.5) is 0 Å². The van der Waals surface area contributed by atoms with Crippen molar-refractivity contribution in [1.82, 2.24) is 4.98 Å². The topological polar surface area (TPSA) is 72.0 Å². The first-order valence-electron chi connectivity index (χ1n) is 5.55. The summed E-state index contributed by atoms with van der Waals surface area (Å²) in [5.41, 5.74) is 6.84. The van der Waals surface area contributed by atoms with E-state index < -0.39 is 0 Å². The number of amidine groups is 1. The summed E-state index contributed by atoms with van der Waals surface area (Å²) in [4.78, 5) is 4.07. The first kappa shape index (κ1) is 12.6. The molecule has 1 atom stereocenters. The molecule has 1 unspecified atom stereocenters. The summed E-state index contributed by atoms with van der Waals surface area (Å²) in [5.74, 6) is -0.0117. The summed E-state index contributed by atoms with van der Waals surface area (Å²) < 4.78 is 5.67. The molecule has 3 N–H and O–H groups in total. The van der Waals surface area contributed by atoms with E-state index in [9.17, 15) is 0 Å². The largest absolute Gasteiger partial charge is 0.382 e. The molecule has 1 heterocycles. The van der Waals surface area contributed by atoms with E-state index >= 15 is 0 Å². The lowest BCUT2D eigenvalue weighted by atomic mass is 10.2. The van der Waals surface area contributed by atoms with Gasteiger partial charge in [-0.15, -0.1) is 0 Å². The molecule has 0 saturated carbocycles. The number of nitrogens with zero attached hydrogens (tertiary/aromatic N) is 1. The minimum Gasteiger partial charge on any atom is -0.382 e. The van der Waals surface area contributed by atoms with Crippen LogP contribution in [0, 0.1) is 5.41 Å². The van der Waals surface area contributed by atoms with Gasteiger partial charge >= 0.3 is 0 Å². The van der Waals surface area contributed by atoms with Gasteiger partial charge in [-0.05, 0) is 19.4 Å². The highest BCUT2D eigenvalue weighted by Crippen LogP contribution is 2.09. The number of pyridine rings is 1. The second-order valence-electron chi connectivity index (χ2n) is 3.84. The van der Waals surface area contributed by atoms with Crippen molar-refractivity contribution in [3.63, 3.8) is 0 Å². The molecule has 0 saturated heterocycles. The Morgan fingerprint density at radius 3 is 3.00 bits per heavy atom. The third-order valence-electron chi connectivity index (χ3n) is 2.36.